The van der Waals surface area contributed by atoms with Crippen LogP contribution in [0.2, 0.25) is 0 Å². The predicted octanol–water partition coefficient (Wildman–Crippen LogP) is 7.02. The second-order valence-corrected chi connectivity index (χ2v) is 12.0. The number of carbonyl (C=O) groups is 3. The van der Waals surface area contributed by atoms with Gasteiger partial charge >= 0.3 is 11.9 Å². The third-order valence-electron chi connectivity index (χ3n) is 8.20. The number of carbonyl (C=O) groups excluding carboxylic acids is 1. The van der Waals surface area contributed by atoms with Gasteiger partial charge in [0.15, 0.2) is 11.5 Å². The Morgan fingerprint density at radius 1 is 0.804 bits per heavy atom. The molecular weight excluding hydrogens is 657 g/mol. The molecule has 266 valence electrons. The van der Waals surface area contributed by atoms with Gasteiger partial charge in [0.1, 0.15) is 30.5 Å². The summed E-state index contributed by atoms with van der Waals surface area (Å²) in [5, 5.41) is 21.2. The maximum absolute atomic E-state index is 13.4. The zero-order valence-electron chi connectivity index (χ0n) is 28.1. The van der Waals surface area contributed by atoms with Gasteiger partial charge in [-0.25, -0.2) is 4.39 Å². The van der Waals surface area contributed by atoms with Gasteiger partial charge in [-0.1, -0.05) is 36.9 Å². The number of nitrogens with one attached hydrogen (secondary N) is 1. The molecule has 0 bridgehead atoms. The molecule has 0 saturated heterocycles. The number of rotatable bonds is 18. The number of amides is 1. The van der Waals surface area contributed by atoms with E-state index in [1.165, 1.54) is 12.1 Å². The lowest BCUT2D eigenvalue weighted by molar-refractivity contribution is -0.138. The van der Waals surface area contributed by atoms with Crippen LogP contribution in [-0.2, 0) is 28.9 Å². The monoisotopic (exact) mass is 697 g/mol. The number of ether oxygens (including phenoxy) is 4. The molecule has 0 aliphatic carbocycles. The minimum Gasteiger partial charge on any atom is -0.493 e. The molecule has 5 rings (SSSR count). The highest BCUT2D eigenvalue weighted by Gasteiger charge is 2.17. The number of carboxylic acids is 2. The molecule has 0 aromatic heterocycles. The highest BCUT2D eigenvalue weighted by Crippen LogP contribution is 2.36. The fourth-order valence-corrected chi connectivity index (χ4v) is 5.65. The molecular formula is C40H40FNO9. The van der Waals surface area contributed by atoms with Crippen molar-refractivity contribution in [3.8, 4) is 34.1 Å². The highest BCUT2D eigenvalue weighted by molar-refractivity contribution is 5.96. The maximum atomic E-state index is 13.4. The van der Waals surface area contributed by atoms with Crippen LogP contribution in [0.25, 0.3) is 11.1 Å². The Labute approximate surface area is 295 Å². The third-order valence-corrected chi connectivity index (χ3v) is 8.20. The summed E-state index contributed by atoms with van der Waals surface area (Å²) < 4.78 is 36.8. The normalized spacial score (nSPS) is 11.8. The van der Waals surface area contributed by atoms with Crippen molar-refractivity contribution in [1.29, 1.82) is 0 Å². The van der Waals surface area contributed by atoms with E-state index in [9.17, 15) is 23.9 Å². The largest absolute Gasteiger partial charge is 0.493 e. The van der Waals surface area contributed by atoms with Gasteiger partial charge in [0.05, 0.1) is 12.4 Å². The number of hydrogen-bond acceptors (Lipinski definition) is 7. The molecule has 10 nitrogen and oxygen atoms in total. The van der Waals surface area contributed by atoms with Crippen LogP contribution < -0.4 is 24.3 Å². The fourth-order valence-electron chi connectivity index (χ4n) is 5.65. The van der Waals surface area contributed by atoms with Gasteiger partial charge in [-0.15, -0.1) is 0 Å². The van der Waals surface area contributed by atoms with E-state index >= 15 is 0 Å². The lowest BCUT2D eigenvalue weighted by atomic mass is 9.97. The van der Waals surface area contributed by atoms with Gasteiger partial charge in [-0.05, 0) is 102 Å². The minimum absolute atomic E-state index is 0.0312. The molecule has 11 heteroatoms. The lowest BCUT2D eigenvalue weighted by Gasteiger charge is -2.19. The Bertz CT molecular complexity index is 1870. The Hall–Kier alpha value is -5.84. The van der Waals surface area contributed by atoms with Gasteiger partial charge in [0, 0.05) is 31.4 Å². The smallest absolute Gasteiger partial charge is 0.303 e. The zero-order valence-corrected chi connectivity index (χ0v) is 28.1. The number of aryl methyl sites for hydroxylation is 1. The summed E-state index contributed by atoms with van der Waals surface area (Å²) in [6, 6.07) is 22.4. The standard InChI is InChI=1S/C40H40FNO9/c1-26(7-10-28-4-2-5-35(34(28)14-16-39(45)46)48-19-3-6-38(43)44)51-33-23-30(29-11-15-36-37(25-29)50-21-20-49-36)22-31(24-33)40(47)42-18-17-27-8-12-32(41)13-9-27/h2,4-5,8-9,11-13,15,22-25H,1,3,6-7,10,14,16-21H2,(H,42,47)(H,43,44)(H,45,46). The highest BCUT2D eigenvalue weighted by atomic mass is 19.1. The Morgan fingerprint density at radius 2 is 1.57 bits per heavy atom. The lowest BCUT2D eigenvalue weighted by Crippen LogP contribution is -2.25. The molecule has 1 aliphatic heterocycles. The summed E-state index contributed by atoms with van der Waals surface area (Å²) in [7, 11) is 0. The summed E-state index contributed by atoms with van der Waals surface area (Å²) in [6.45, 7) is 5.55. The van der Waals surface area contributed by atoms with Crippen LogP contribution in [0.3, 0.4) is 0 Å². The van der Waals surface area contributed by atoms with E-state index in [-0.39, 0.29) is 37.6 Å². The van der Waals surface area contributed by atoms with E-state index in [4.69, 9.17) is 24.1 Å². The van der Waals surface area contributed by atoms with Gasteiger partial charge in [0.25, 0.3) is 5.91 Å². The first kappa shape index (κ1) is 36.4. The zero-order chi connectivity index (χ0) is 36.2. The molecule has 0 fully saturated rings. The minimum atomic E-state index is -0.942. The first-order chi connectivity index (χ1) is 24.6. The molecule has 0 spiro atoms. The van der Waals surface area contributed by atoms with Crippen molar-refractivity contribution in [3.05, 3.63) is 119 Å². The predicted molar refractivity (Wildman–Crippen MR) is 188 cm³/mol. The Balaban J connectivity index is 1.32. The van der Waals surface area contributed by atoms with Gasteiger partial charge in [0.2, 0.25) is 0 Å². The van der Waals surface area contributed by atoms with Crippen LogP contribution in [-0.4, -0.2) is 54.4 Å². The van der Waals surface area contributed by atoms with Crippen molar-refractivity contribution in [2.45, 2.75) is 44.9 Å². The molecule has 4 aromatic carbocycles. The first-order valence-electron chi connectivity index (χ1n) is 16.7. The van der Waals surface area contributed by atoms with E-state index in [0.717, 1.165) is 22.3 Å². The molecule has 0 atom stereocenters. The van der Waals surface area contributed by atoms with Crippen LogP contribution in [0.1, 0.15) is 52.7 Å². The topological polar surface area (TPSA) is 141 Å². The maximum Gasteiger partial charge on any atom is 0.303 e. The summed E-state index contributed by atoms with van der Waals surface area (Å²) in [4.78, 5) is 35.7. The number of aliphatic carboxylic acids is 2. The quantitative estimate of drug-likeness (QED) is 0.0739. The molecule has 51 heavy (non-hydrogen) atoms. The van der Waals surface area contributed by atoms with Crippen molar-refractivity contribution in [2.75, 3.05) is 26.4 Å². The van der Waals surface area contributed by atoms with Gasteiger partial charge in [-0.2, -0.15) is 0 Å². The van der Waals surface area contributed by atoms with Crippen molar-refractivity contribution in [2.24, 2.45) is 0 Å². The van der Waals surface area contributed by atoms with E-state index < -0.39 is 11.9 Å². The molecule has 1 aliphatic rings. The number of carboxylic acid groups (broad SMARTS) is 2. The first-order valence-corrected chi connectivity index (χ1v) is 16.7. The second kappa shape index (κ2) is 17.7. The van der Waals surface area contributed by atoms with Crippen LogP contribution in [0, 0.1) is 5.82 Å². The Kier molecular flexibility index (Phi) is 12.7. The van der Waals surface area contributed by atoms with E-state index in [1.54, 1.807) is 30.3 Å². The summed E-state index contributed by atoms with van der Waals surface area (Å²) >= 11 is 0. The van der Waals surface area contributed by atoms with Crippen LogP contribution in [0.4, 0.5) is 4.39 Å². The molecule has 0 saturated carbocycles. The molecule has 0 unspecified atom stereocenters. The molecule has 4 aromatic rings. The number of halogens is 1. The molecule has 1 amide bonds. The summed E-state index contributed by atoms with van der Waals surface area (Å²) in [5.41, 5.74) is 4.37. The SMILES string of the molecule is C=C(CCc1cccc(OCCCC(=O)O)c1CCC(=O)O)Oc1cc(C(=O)NCCc2ccc(F)cc2)cc(-c2ccc3c(c2)OCCO3)c1. The second-order valence-electron chi connectivity index (χ2n) is 12.0. The summed E-state index contributed by atoms with van der Waals surface area (Å²) in [6.07, 6.45) is 1.82. The average molecular weight is 698 g/mol. The average Bonchev–Trinajstić information content (AvgIpc) is 3.12. The number of allylic oxidation sites excluding steroid dienone is 1. The van der Waals surface area contributed by atoms with Crippen molar-refractivity contribution in [3.63, 3.8) is 0 Å². The Morgan fingerprint density at radius 3 is 2.33 bits per heavy atom. The van der Waals surface area contributed by atoms with Crippen LogP contribution >= 0.6 is 0 Å². The number of benzene rings is 4. The third kappa shape index (κ3) is 10.8. The van der Waals surface area contributed by atoms with Crippen molar-refractivity contribution < 1.29 is 47.9 Å². The van der Waals surface area contributed by atoms with Crippen LogP contribution in [0.5, 0.6) is 23.0 Å². The van der Waals surface area contributed by atoms with E-state index in [0.29, 0.717) is 85.3 Å². The van der Waals surface area contributed by atoms with E-state index in [1.807, 2.05) is 36.4 Å². The summed E-state index contributed by atoms with van der Waals surface area (Å²) in [5.74, 6) is 0.105. The molecule has 0 radical (unpaired) electrons. The number of fused-ring (bicyclic) bond motifs is 1. The van der Waals surface area contributed by atoms with Crippen LogP contribution in [0.15, 0.2) is 91.2 Å². The van der Waals surface area contributed by atoms with Gasteiger partial charge in [-0.3, -0.25) is 14.4 Å². The fraction of sp³-hybridized carbons (Fsp3) is 0.275. The molecule has 1 heterocycles. The van der Waals surface area contributed by atoms with Gasteiger partial charge < -0.3 is 34.5 Å². The number of hydrogen-bond donors (Lipinski definition) is 3. The van der Waals surface area contributed by atoms with E-state index in [2.05, 4.69) is 11.9 Å². The molecule has 3 N–H and O–H groups in total. The van der Waals surface area contributed by atoms with Crippen molar-refractivity contribution in [1.82, 2.24) is 5.32 Å². The van der Waals surface area contributed by atoms with Crippen molar-refractivity contribution >= 4 is 17.8 Å².